The van der Waals surface area contributed by atoms with Gasteiger partial charge in [0.2, 0.25) is 0 Å². The molecule has 0 unspecified atom stereocenters. The molecule has 0 aromatic carbocycles. The molecule has 4 aliphatic rings. The molecule has 2 fully saturated rings. The zero-order valence-corrected chi connectivity index (χ0v) is 19.4. The van der Waals surface area contributed by atoms with Crippen molar-refractivity contribution in [1.82, 2.24) is 0 Å². The van der Waals surface area contributed by atoms with Crippen molar-refractivity contribution in [2.75, 3.05) is 0 Å². The van der Waals surface area contributed by atoms with Crippen LogP contribution in [0.3, 0.4) is 0 Å². The summed E-state index contributed by atoms with van der Waals surface area (Å²) in [6.45, 7) is 7.12. The first-order valence-electron chi connectivity index (χ1n) is 11.5. The van der Waals surface area contributed by atoms with E-state index >= 15 is 0 Å². The first kappa shape index (κ1) is 25.0. The largest absolute Gasteiger partial charge is 0.381 e. The van der Waals surface area contributed by atoms with Gasteiger partial charge in [0.05, 0.1) is 0 Å². The summed E-state index contributed by atoms with van der Waals surface area (Å²) in [6, 6.07) is 0. The molecule has 0 saturated heterocycles. The van der Waals surface area contributed by atoms with Gasteiger partial charge in [-0.1, -0.05) is 26.0 Å². The third-order valence-corrected chi connectivity index (χ3v) is 8.76. The van der Waals surface area contributed by atoms with E-state index in [1.807, 2.05) is 6.92 Å². The number of hydrogen-bond donors (Lipinski definition) is 4. The summed E-state index contributed by atoms with van der Waals surface area (Å²) in [5.41, 5.74) is -0.986. The van der Waals surface area contributed by atoms with Gasteiger partial charge in [0.1, 0.15) is 17.7 Å². The highest BCUT2D eigenvalue weighted by Gasteiger charge is 2.68. The maximum absolute atomic E-state index is 12.5. The number of fused-ring (bicyclic) bond motifs is 5. The lowest BCUT2D eigenvalue weighted by molar-refractivity contribution is -0.300. The molecule has 178 valence electrons. The van der Waals surface area contributed by atoms with E-state index in [1.54, 1.807) is 0 Å². The zero-order valence-electron chi connectivity index (χ0n) is 19.4. The molecule has 0 bridgehead atoms. The maximum Gasteiger partial charge on any atom is 0.342 e. The van der Waals surface area contributed by atoms with Gasteiger partial charge in [0.25, 0.3) is 5.78 Å². The van der Waals surface area contributed by atoms with E-state index in [9.17, 15) is 34.8 Å². The predicted molar refractivity (Wildman–Crippen MR) is 117 cm³/mol. The lowest BCUT2D eigenvalue weighted by Crippen LogP contribution is -2.62. The van der Waals surface area contributed by atoms with E-state index in [0.29, 0.717) is 25.2 Å². The predicted octanol–water partition coefficient (Wildman–Crippen LogP) is 2.21. The molecule has 7 nitrogen and oxygen atoms in total. The van der Waals surface area contributed by atoms with Crippen LogP contribution in [-0.4, -0.2) is 49.9 Å². The number of aldehydes is 1. The van der Waals surface area contributed by atoms with E-state index in [2.05, 4.69) is 19.1 Å². The van der Waals surface area contributed by atoms with Gasteiger partial charge < -0.3 is 25.2 Å². The summed E-state index contributed by atoms with van der Waals surface area (Å²) < 4.78 is 0. The van der Waals surface area contributed by atoms with Crippen LogP contribution < -0.4 is 0 Å². The quantitative estimate of drug-likeness (QED) is 0.384. The Kier molecular flexibility index (Phi) is 6.46. The van der Waals surface area contributed by atoms with E-state index in [1.165, 1.54) is 13.8 Å². The van der Waals surface area contributed by atoms with Gasteiger partial charge in [-0.2, -0.15) is 0 Å². The Morgan fingerprint density at radius 3 is 2.22 bits per heavy atom. The van der Waals surface area contributed by atoms with Gasteiger partial charge in [-0.3, -0.25) is 9.59 Å². The molecule has 4 aliphatic carbocycles. The molecule has 2 saturated carbocycles. The smallest absolute Gasteiger partial charge is 0.342 e. The molecule has 6 atom stereocenters. The second kappa shape index (κ2) is 8.28. The van der Waals surface area contributed by atoms with Crippen LogP contribution in [0.15, 0.2) is 23.3 Å². The van der Waals surface area contributed by atoms with Crippen molar-refractivity contribution in [2.24, 2.45) is 28.6 Å². The summed E-state index contributed by atoms with van der Waals surface area (Å²) in [5, 5.41) is 39.6. The topological polar surface area (TPSA) is 132 Å². The van der Waals surface area contributed by atoms with Gasteiger partial charge in [-0.05, 0) is 93.1 Å². The highest BCUT2D eigenvalue weighted by molar-refractivity contribution is 5.93. The van der Waals surface area contributed by atoms with Gasteiger partial charge in [0.15, 0.2) is 0 Å². The molecule has 0 aromatic heterocycles. The third-order valence-electron chi connectivity index (χ3n) is 8.76. The lowest BCUT2D eigenvalue weighted by atomic mass is 9.46. The van der Waals surface area contributed by atoms with Crippen LogP contribution in [0.4, 0.5) is 0 Å². The fraction of sp³-hybridized carbons (Fsp3) is 0.720. The molecule has 32 heavy (non-hydrogen) atoms. The van der Waals surface area contributed by atoms with Crippen LogP contribution in [-0.2, 0) is 14.4 Å². The molecule has 4 rings (SSSR count). The van der Waals surface area contributed by atoms with Crippen molar-refractivity contribution in [1.29, 1.82) is 0 Å². The number of aliphatic hydroxyl groups is 4. The number of carbonyl (C=O) groups excluding carboxylic acids is 3. The summed E-state index contributed by atoms with van der Waals surface area (Å²) >= 11 is 0. The van der Waals surface area contributed by atoms with Gasteiger partial charge in [-0.25, -0.2) is 0 Å². The molecule has 0 spiro atoms. The van der Waals surface area contributed by atoms with E-state index in [0.717, 1.165) is 36.7 Å². The molecule has 0 radical (unpaired) electrons. The number of allylic oxidation sites excluding steroid dienone is 4. The third kappa shape index (κ3) is 3.73. The van der Waals surface area contributed by atoms with Crippen LogP contribution in [0.5, 0.6) is 0 Å². The lowest BCUT2D eigenvalue weighted by Gasteiger charge is -2.58. The Balaban J connectivity index is 0.000000668. The van der Waals surface area contributed by atoms with Crippen molar-refractivity contribution in [3.8, 4) is 0 Å². The number of hydrogen-bond acceptors (Lipinski definition) is 7. The number of ketones is 2. The normalized spacial score (nSPS) is 40.4. The first-order valence-corrected chi connectivity index (χ1v) is 11.5. The fourth-order valence-corrected chi connectivity index (χ4v) is 7.27. The summed E-state index contributed by atoms with van der Waals surface area (Å²) in [6.07, 6.45) is 9.77. The van der Waals surface area contributed by atoms with Crippen molar-refractivity contribution < 1.29 is 34.8 Å². The second-order valence-electron chi connectivity index (χ2n) is 10.7. The molecule has 0 aromatic rings. The standard InChI is InChI=1S/C22H30O6.C3H6O/c1-19-8-4-3-5-15(19)13(12-23)11-14-16(19)6-9-20(2)17(14)7-10-21(20,25)18(24)22(26,27)28;1-3(2)4/h3,5,12,14,16-17,25-28H,4,6-11H2,1-2H3;1-2H3/t14-,16+,17+,19+,20+,21+;/m1./s1. The van der Waals surface area contributed by atoms with Crippen LogP contribution in [0.1, 0.15) is 72.6 Å². The van der Waals surface area contributed by atoms with E-state index in [-0.39, 0.29) is 29.5 Å². The Hall–Kier alpha value is -1.67. The summed E-state index contributed by atoms with van der Waals surface area (Å²) in [5.74, 6) is -4.24. The average molecular weight is 449 g/mol. The van der Waals surface area contributed by atoms with Crippen LogP contribution in [0, 0.1) is 28.6 Å². The van der Waals surface area contributed by atoms with Crippen LogP contribution >= 0.6 is 0 Å². The molecule has 4 N–H and O–H groups in total. The van der Waals surface area contributed by atoms with Crippen molar-refractivity contribution in [3.63, 3.8) is 0 Å². The maximum atomic E-state index is 12.5. The number of carbonyl (C=O) groups is 3. The molecular weight excluding hydrogens is 412 g/mol. The SMILES string of the molecule is CC(C)=O.C[C@]12CCC=CC1=C(C=O)C[C@@H]1[C@@H]2CC[C@@]2(C)[C@H]1CC[C@]2(O)C(=O)C(O)(O)O. The Morgan fingerprint density at radius 1 is 1.06 bits per heavy atom. The van der Waals surface area contributed by atoms with Gasteiger partial charge in [0, 0.05) is 5.41 Å². The Labute approximate surface area is 189 Å². The molecule has 0 amide bonds. The summed E-state index contributed by atoms with van der Waals surface area (Å²) in [7, 11) is 0. The average Bonchev–Trinajstić information content (AvgIpc) is 2.97. The molecule has 0 aliphatic heterocycles. The van der Waals surface area contributed by atoms with Crippen molar-refractivity contribution >= 4 is 17.9 Å². The minimum Gasteiger partial charge on any atom is -0.381 e. The zero-order chi connectivity index (χ0) is 24.1. The Bertz CT molecular complexity index is 862. The fourth-order valence-electron chi connectivity index (χ4n) is 7.27. The van der Waals surface area contributed by atoms with Crippen molar-refractivity contribution in [2.45, 2.75) is 84.2 Å². The monoisotopic (exact) mass is 448 g/mol. The van der Waals surface area contributed by atoms with E-state index < -0.39 is 22.8 Å². The Morgan fingerprint density at radius 2 is 1.66 bits per heavy atom. The van der Waals surface area contributed by atoms with Crippen LogP contribution in [0.2, 0.25) is 0 Å². The minimum absolute atomic E-state index is 0.0261. The minimum atomic E-state index is -3.54. The van der Waals surface area contributed by atoms with Gasteiger partial charge in [-0.15, -0.1) is 0 Å². The highest BCUT2D eigenvalue weighted by atomic mass is 16.7. The first-order chi connectivity index (χ1) is 14.7. The summed E-state index contributed by atoms with van der Waals surface area (Å²) in [4.78, 5) is 33.9. The van der Waals surface area contributed by atoms with Crippen molar-refractivity contribution in [3.05, 3.63) is 23.3 Å². The second-order valence-corrected chi connectivity index (χ2v) is 10.7. The molecular formula is C25H36O7. The molecule has 0 heterocycles. The number of rotatable bonds is 3. The number of Topliss-reactive ketones (excluding diaryl/α,β-unsaturated/α-hetero) is 2. The van der Waals surface area contributed by atoms with Crippen LogP contribution in [0.25, 0.3) is 0 Å². The van der Waals surface area contributed by atoms with E-state index in [4.69, 9.17) is 0 Å². The molecule has 7 heteroatoms. The van der Waals surface area contributed by atoms with Gasteiger partial charge >= 0.3 is 5.97 Å². The highest BCUT2D eigenvalue weighted by Crippen LogP contribution is 2.67.